The lowest BCUT2D eigenvalue weighted by atomic mass is 9.95. The van der Waals surface area contributed by atoms with Gasteiger partial charge in [-0.25, -0.2) is 0 Å². The summed E-state index contributed by atoms with van der Waals surface area (Å²) < 4.78 is 0. The number of rotatable bonds is 2. The van der Waals surface area contributed by atoms with Crippen LogP contribution in [0.2, 0.25) is 5.02 Å². The third-order valence-electron chi connectivity index (χ3n) is 4.11. The fraction of sp³-hybridized carbons (Fsp3) is 0.278. The predicted octanol–water partition coefficient (Wildman–Crippen LogP) is 4.68. The molecule has 0 aromatic heterocycles. The molecule has 0 radical (unpaired) electrons. The largest absolute Gasteiger partial charge is 0.289 e. The predicted molar refractivity (Wildman–Crippen MR) is 82.8 cm³/mol. The number of carbonyl (C=O) groups excluding carboxylic acids is 1. The van der Waals surface area contributed by atoms with Crippen molar-refractivity contribution in [3.63, 3.8) is 0 Å². The molecule has 2 heteroatoms. The molecule has 20 heavy (non-hydrogen) atoms. The molecule has 0 heterocycles. The van der Waals surface area contributed by atoms with E-state index in [1.807, 2.05) is 32.0 Å². The zero-order valence-corrected chi connectivity index (χ0v) is 12.6. The van der Waals surface area contributed by atoms with Crippen LogP contribution in [0.25, 0.3) is 0 Å². The second-order valence-electron chi connectivity index (χ2n) is 5.58. The first-order valence-corrected chi connectivity index (χ1v) is 7.37. The fourth-order valence-corrected chi connectivity index (χ4v) is 3.11. The first kappa shape index (κ1) is 13.4. The van der Waals surface area contributed by atoms with Crippen molar-refractivity contribution in [3.8, 4) is 0 Å². The summed E-state index contributed by atoms with van der Waals surface area (Å²) in [6, 6.07) is 9.89. The van der Waals surface area contributed by atoms with Gasteiger partial charge in [-0.3, -0.25) is 4.79 Å². The Bertz CT molecular complexity index is 701. The molecule has 0 fully saturated rings. The van der Waals surface area contributed by atoms with Crippen LogP contribution in [-0.4, -0.2) is 5.78 Å². The van der Waals surface area contributed by atoms with Crippen LogP contribution in [-0.2, 0) is 12.8 Å². The summed E-state index contributed by atoms with van der Waals surface area (Å²) in [5.41, 5.74) is 6.15. The van der Waals surface area contributed by atoms with E-state index in [-0.39, 0.29) is 5.78 Å². The molecule has 0 unspecified atom stereocenters. The molecule has 1 aliphatic rings. The highest BCUT2D eigenvalue weighted by Crippen LogP contribution is 2.26. The number of ketones is 1. The Morgan fingerprint density at radius 3 is 2.55 bits per heavy atom. The Balaban J connectivity index is 2.03. The molecular formula is C18H17ClO. The monoisotopic (exact) mass is 284 g/mol. The van der Waals surface area contributed by atoms with Crippen molar-refractivity contribution in [1.29, 1.82) is 0 Å². The Hall–Kier alpha value is -1.60. The van der Waals surface area contributed by atoms with E-state index in [0.717, 1.165) is 35.1 Å². The average Bonchev–Trinajstić information content (AvgIpc) is 2.89. The van der Waals surface area contributed by atoms with Crippen LogP contribution in [0.4, 0.5) is 0 Å². The molecule has 0 atom stereocenters. The van der Waals surface area contributed by atoms with Crippen molar-refractivity contribution in [2.75, 3.05) is 0 Å². The van der Waals surface area contributed by atoms with Gasteiger partial charge in [0, 0.05) is 16.1 Å². The van der Waals surface area contributed by atoms with E-state index >= 15 is 0 Å². The zero-order valence-electron chi connectivity index (χ0n) is 11.8. The van der Waals surface area contributed by atoms with Crippen LogP contribution in [0.1, 0.15) is 44.6 Å². The second kappa shape index (κ2) is 5.06. The Morgan fingerprint density at radius 1 is 1.00 bits per heavy atom. The summed E-state index contributed by atoms with van der Waals surface area (Å²) in [5.74, 6) is 0.0944. The fourth-order valence-electron chi connectivity index (χ4n) is 2.89. The van der Waals surface area contributed by atoms with Crippen LogP contribution in [0.15, 0.2) is 30.3 Å². The van der Waals surface area contributed by atoms with Crippen LogP contribution in [0.5, 0.6) is 0 Å². The second-order valence-corrected chi connectivity index (χ2v) is 5.99. The minimum Gasteiger partial charge on any atom is -0.289 e. The third-order valence-corrected chi connectivity index (χ3v) is 4.52. The SMILES string of the molecule is Cc1cc(C(=O)c2ccc3c(c2)CCC3)c(C)cc1Cl. The Labute approximate surface area is 124 Å². The summed E-state index contributed by atoms with van der Waals surface area (Å²) in [6.45, 7) is 3.87. The van der Waals surface area contributed by atoms with Crippen LogP contribution in [0, 0.1) is 13.8 Å². The molecule has 3 rings (SSSR count). The van der Waals surface area contributed by atoms with Crippen molar-refractivity contribution in [3.05, 3.63) is 68.7 Å². The smallest absolute Gasteiger partial charge is 0.193 e. The first-order chi connectivity index (χ1) is 9.56. The lowest BCUT2D eigenvalue weighted by Crippen LogP contribution is -2.05. The molecule has 1 nitrogen and oxygen atoms in total. The average molecular weight is 285 g/mol. The minimum absolute atomic E-state index is 0.0944. The third kappa shape index (κ3) is 2.27. The van der Waals surface area contributed by atoms with E-state index in [4.69, 9.17) is 11.6 Å². The molecule has 0 amide bonds. The van der Waals surface area contributed by atoms with E-state index < -0.39 is 0 Å². The van der Waals surface area contributed by atoms with E-state index in [1.54, 1.807) is 0 Å². The maximum atomic E-state index is 12.7. The number of aryl methyl sites for hydroxylation is 4. The van der Waals surface area contributed by atoms with E-state index in [2.05, 4.69) is 12.1 Å². The van der Waals surface area contributed by atoms with Gasteiger partial charge in [0.05, 0.1) is 0 Å². The van der Waals surface area contributed by atoms with E-state index in [0.29, 0.717) is 5.02 Å². The summed E-state index contributed by atoms with van der Waals surface area (Å²) in [4.78, 5) is 12.7. The van der Waals surface area contributed by atoms with Gasteiger partial charge in [0.25, 0.3) is 0 Å². The van der Waals surface area contributed by atoms with Crippen molar-refractivity contribution in [1.82, 2.24) is 0 Å². The lowest BCUT2D eigenvalue weighted by molar-refractivity contribution is 0.103. The van der Waals surface area contributed by atoms with Crippen molar-refractivity contribution in [2.24, 2.45) is 0 Å². The molecule has 102 valence electrons. The number of hydrogen-bond donors (Lipinski definition) is 0. The molecule has 1 aliphatic carbocycles. The van der Waals surface area contributed by atoms with Gasteiger partial charge in [0.2, 0.25) is 0 Å². The lowest BCUT2D eigenvalue weighted by Gasteiger charge is -2.09. The van der Waals surface area contributed by atoms with Crippen LogP contribution >= 0.6 is 11.6 Å². The van der Waals surface area contributed by atoms with Crippen molar-refractivity contribution >= 4 is 17.4 Å². The maximum absolute atomic E-state index is 12.7. The molecule has 0 saturated carbocycles. The number of carbonyl (C=O) groups is 1. The van der Waals surface area contributed by atoms with Gasteiger partial charge in [0.1, 0.15) is 0 Å². The highest BCUT2D eigenvalue weighted by Gasteiger charge is 2.17. The summed E-state index contributed by atoms with van der Waals surface area (Å²) in [5, 5.41) is 0.716. The molecule has 0 spiro atoms. The molecule has 0 saturated heterocycles. The number of fused-ring (bicyclic) bond motifs is 1. The van der Waals surface area contributed by atoms with Crippen molar-refractivity contribution in [2.45, 2.75) is 33.1 Å². The van der Waals surface area contributed by atoms with E-state index in [9.17, 15) is 4.79 Å². The molecule has 0 aliphatic heterocycles. The molecular weight excluding hydrogens is 268 g/mol. The van der Waals surface area contributed by atoms with Gasteiger partial charge in [-0.2, -0.15) is 0 Å². The van der Waals surface area contributed by atoms with Crippen LogP contribution in [0.3, 0.4) is 0 Å². The van der Waals surface area contributed by atoms with Crippen LogP contribution < -0.4 is 0 Å². The number of benzene rings is 2. The Morgan fingerprint density at radius 2 is 1.75 bits per heavy atom. The topological polar surface area (TPSA) is 17.1 Å². The standard InChI is InChI=1S/C18H17ClO/c1-11-9-17(19)12(2)8-16(11)18(20)15-7-6-13-4-3-5-14(13)10-15/h6-10H,3-5H2,1-2H3. The summed E-state index contributed by atoms with van der Waals surface area (Å²) >= 11 is 6.10. The quantitative estimate of drug-likeness (QED) is 0.732. The normalized spacial score (nSPS) is 13.3. The highest BCUT2D eigenvalue weighted by molar-refractivity contribution is 6.31. The molecule has 2 aromatic carbocycles. The highest BCUT2D eigenvalue weighted by atomic mass is 35.5. The van der Waals surface area contributed by atoms with Gasteiger partial charge in [-0.05, 0) is 73.6 Å². The minimum atomic E-state index is 0.0944. The van der Waals surface area contributed by atoms with Gasteiger partial charge in [0.15, 0.2) is 5.78 Å². The molecule has 0 N–H and O–H groups in total. The number of halogens is 1. The Kier molecular flexibility index (Phi) is 3.39. The molecule has 2 aromatic rings. The molecule has 0 bridgehead atoms. The van der Waals surface area contributed by atoms with Gasteiger partial charge >= 0.3 is 0 Å². The van der Waals surface area contributed by atoms with Crippen molar-refractivity contribution < 1.29 is 4.79 Å². The van der Waals surface area contributed by atoms with Gasteiger partial charge in [-0.15, -0.1) is 0 Å². The first-order valence-electron chi connectivity index (χ1n) is 6.99. The van der Waals surface area contributed by atoms with Gasteiger partial charge in [-0.1, -0.05) is 23.7 Å². The number of hydrogen-bond acceptors (Lipinski definition) is 1. The maximum Gasteiger partial charge on any atom is 0.193 e. The summed E-state index contributed by atoms with van der Waals surface area (Å²) in [7, 11) is 0. The van der Waals surface area contributed by atoms with E-state index in [1.165, 1.54) is 17.5 Å². The zero-order chi connectivity index (χ0) is 14.3. The van der Waals surface area contributed by atoms with Gasteiger partial charge < -0.3 is 0 Å². The summed E-state index contributed by atoms with van der Waals surface area (Å²) in [6.07, 6.45) is 3.43.